The molecule has 0 spiro atoms. The largest absolute Gasteiger partial charge is 0.324 e. The van der Waals surface area contributed by atoms with Crippen molar-refractivity contribution in [3.05, 3.63) is 65.2 Å². The number of benzene rings is 2. The zero-order chi connectivity index (χ0) is 15.5. The highest BCUT2D eigenvalue weighted by Gasteiger charge is 2.27. The van der Waals surface area contributed by atoms with Gasteiger partial charge in [-0.1, -0.05) is 36.4 Å². The number of nitrogens with one attached hydrogen (secondary N) is 1. The smallest absolute Gasteiger partial charge is 0.321 e. The first-order valence-electron chi connectivity index (χ1n) is 7.81. The summed E-state index contributed by atoms with van der Waals surface area (Å²) in [6.45, 7) is 5.70. The van der Waals surface area contributed by atoms with Gasteiger partial charge in [-0.15, -0.1) is 0 Å². The van der Waals surface area contributed by atoms with Crippen molar-refractivity contribution in [1.82, 2.24) is 4.90 Å². The Morgan fingerprint density at radius 1 is 1.09 bits per heavy atom. The lowest BCUT2D eigenvalue weighted by atomic mass is 9.99. The molecule has 1 atom stereocenters. The zero-order valence-corrected chi connectivity index (χ0v) is 13.2. The average molecular weight is 294 g/mol. The molecule has 1 N–H and O–H groups in total. The Labute approximate surface area is 132 Å². The second kappa shape index (κ2) is 6.22. The molecule has 1 aliphatic heterocycles. The molecular weight excluding hydrogens is 272 g/mol. The van der Waals surface area contributed by atoms with Crippen LogP contribution in [0.2, 0.25) is 0 Å². The van der Waals surface area contributed by atoms with Gasteiger partial charge in [0, 0.05) is 24.7 Å². The van der Waals surface area contributed by atoms with E-state index in [2.05, 4.69) is 35.6 Å². The van der Waals surface area contributed by atoms with Crippen molar-refractivity contribution < 1.29 is 4.79 Å². The highest BCUT2D eigenvalue weighted by atomic mass is 16.2. The summed E-state index contributed by atoms with van der Waals surface area (Å²) in [5.41, 5.74) is 4.53. The van der Waals surface area contributed by atoms with Gasteiger partial charge in [0.2, 0.25) is 0 Å². The Hall–Kier alpha value is -2.29. The van der Waals surface area contributed by atoms with E-state index in [1.54, 1.807) is 0 Å². The third kappa shape index (κ3) is 3.30. The van der Waals surface area contributed by atoms with Crippen LogP contribution in [0.25, 0.3) is 0 Å². The van der Waals surface area contributed by atoms with E-state index in [1.165, 1.54) is 16.7 Å². The van der Waals surface area contributed by atoms with Gasteiger partial charge in [0.1, 0.15) is 0 Å². The van der Waals surface area contributed by atoms with Crippen LogP contribution in [0.5, 0.6) is 0 Å². The number of nitrogens with zero attached hydrogens (tertiary/aromatic N) is 1. The molecule has 3 nitrogen and oxygen atoms in total. The van der Waals surface area contributed by atoms with Crippen LogP contribution in [-0.4, -0.2) is 24.0 Å². The number of carbonyl (C=O) groups is 1. The van der Waals surface area contributed by atoms with Gasteiger partial charge in [0.25, 0.3) is 0 Å². The maximum absolute atomic E-state index is 12.4. The zero-order valence-electron chi connectivity index (χ0n) is 13.2. The lowest BCUT2D eigenvalue weighted by Crippen LogP contribution is -2.32. The first kappa shape index (κ1) is 14.6. The van der Waals surface area contributed by atoms with Crippen LogP contribution in [0.1, 0.15) is 29.0 Å². The second-order valence-electron chi connectivity index (χ2n) is 6.15. The summed E-state index contributed by atoms with van der Waals surface area (Å²) >= 11 is 0. The molecule has 0 aromatic heterocycles. The molecule has 0 saturated carbocycles. The minimum Gasteiger partial charge on any atom is -0.324 e. The van der Waals surface area contributed by atoms with Crippen LogP contribution in [0, 0.1) is 13.8 Å². The highest BCUT2D eigenvalue weighted by molar-refractivity contribution is 5.89. The average Bonchev–Trinajstić information content (AvgIpc) is 2.97. The van der Waals surface area contributed by atoms with E-state index >= 15 is 0 Å². The molecule has 2 aromatic rings. The van der Waals surface area contributed by atoms with E-state index in [4.69, 9.17) is 0 Å². The SMILES string of the molecule is Cc1cc(C)cc(NC(=O)N2CCC(c3ccccc3)C2)c1. The lowest BCUT2D eigenvalue weighted by molar-refractivity contribution is 0.222. The summed E-state index contributed by atoms with van der Waals surface area (Å²) in [6.07, 6.45) is 1.03. The molecule has 3 heteroatoms. The molecular formula is C19H22N2O. The Kier molecular flexibility index (Phi) is 4.14. The predicted molar refractivity (Wildman–Crippen MR) is 90.3 cm³/mol. The van der Waals surface area contributed by atoms with E-state index < -0.39 is 0 Å². The van der Waals surface area contributed by atoms with Gasteiger partial charge in [-0.25, -0.2) is 4.79 Å². The molecule has 2 aromatic carbocycles. The third-order valence-corrected chi connectivity index (χ3v) is 4.22. The molecule has 22 heavy (non-hydrogen) atoms. The maximum atomic E-state index is 12.4. The fourth-order valence-corrected chi connectivity index (χ4v) is 3.19. The van der Waals surface area contributed by atoms with Crippen LogP contribution in [0.15, 0.2) is 48.5 Å². The van der Waals surface area contributed by atoms with Crippen molar-refractivity contribution in [2.75, 3.05) is 18.4 Å². The lowest BCUT2D eigenvalue weighted by Gasteiger charge is -2.18. The van der Waals surface area contributed by atoms with Crippen LogP contribution in [0.4, 0.5) is 10.5 Å². The van der Waals surface area contributed by atoms with Crippen LogP contribution >= 0.6 is 0 Å². The summed E-state index contributed by atoms with van der Waals surface area (Å²) in [4.78, 5) is 14.3. The van der Waals surface area contributed by atoms with Gasteiger partial charge in [-0.05, 0) is 49.1 Å². The molecule has 114 valence electrons. The Balaban J connectivity index is 1.64. The molecule has 1 fully saturated rings. The number of hydrogen-bond donors (Lipinski definition) is 1. The molecule has 1 unspecified atom stereocenters. The number of aryl methyl sites for hydroxylation is 2. The standard InChI is InChI=1S/C19H22N2O/c1-14-10-15(2)12-18(11-14)20-19(22)21-9-8-17(13-21)16-6-4-3-5-7-16/h3-7,10-12,17H,8-9,13H2,1-2H3,(H,20,22). The number of amides is 2. The van der Waals surface area contributed by atoms with E-state index in [1.807, 2.05) is 36.9 Å². The van der Waals surface area contributed by atoms with Gasteiger partial charge in [0.05, 0.1) is 0 Å². The molecule has 1 saturated heterocycles. The van der Waals surface area contributed by atoms with Crippen molar-refractivity contribution in [2.45, 2.75) is 26.2 Å². The Morgan fingerprint density at radius 2 is 1.77 bits per heavy atom. The van der Waals surface area contributed by atoms with Crippen molar-refractivity contribution in [1.29, 1.82) is 0 Å². The minimum atomic E-state index is 0.00318. The van der Waals surface area contributed by atoms with Gasteiger partial charge < -0.3 is 10.2 Å². The summed E-state index contributed by atoms with van der Waals surface area (Å²) in [5, 5.41) is 3.02. The molecule has 0 bridgehead atoms. The minimum absolute atomic E-state index is 0.00318. The van der Waals surface area contributed by atoms with E-state index in [0.29, 0.717) is 5.92 Å². The Morgan fingerprint density at radius 3 is 2.45 bits per heavy atom. The number of carbonyl (C=O) groups excluding carboxylic acids is 1. The van der Waals surface area contributed by atoms with Crippen LogP contribution in [0.3, 0.4) is 0 Å². The van der Waals surface area contributed by atoms with Crippen LogP contribution < -0.4 is 5.32 Å². The summed E-state index contributed by atoms with van der Waals surface area (Å²) in [6, 6.07) is 16.6. The topological polar surface area (TPSA) is 32.3 Å². The van der Waals surface area contributed by atoms with Crippen molar-refractivity contribution in [3.63, 3.8) is 0 Å². The third-order valence-electron chi connectivity index (χ3n) is 4.22. The normalized spacial score (nSPS) is 17.5. The summed E-state index contributed by atoms with van der Waals surface area (Å²) in [5.74, 6) is 0.450. The molecule has 1 heterocycles. The first-order chi connectivity index (χ1) is 10.6. The number of likely N-dealkylation sites (tertiary alicyclic amines) is 1. The number of hydrogen-bond acceptors (Lipinski definition) is 1. The van der Waals surface area contributed by atoms with Gasteiger partial charge >= 0.3 is 6.03 Å². The molecule has 0 radical (unpaired) electrons. The van der Waals surface area contributed by atoms with E-state index in [-0.39, 0.29) is 6.03 Å². The molecule has 3 rings (SSSR count). The Bertz CT molecular complexity index is 646. The second-order valence-corrected chi connectivity index (χ2v) is 6.15. The van der Waals surface area contributed by atoms with Gasteiger partial charge in [0.15, 0.2) is 0 Å². The summed E-state index contributed by atoms with van der Waals surface area (Å²) in [7, 11) is 0. The highest BCUT2D eigenvalue weighted by Crippen LogP contribution is 2.27. The summed E-state index contributed by atoms with van der Waals surface area (Å²) < 4.78 is 0. The molecule has 0 aliphatic carbocycles. The fraction of sp³-hybridized carbons (Fsp3) is 0.316. The molecule has 1 aliphatic rings. The maximum Gasteiger partial charge on any atom is 0.321 e. The van der Waals surface area contributed by atoms with Crippen LogP contribution in [-0.2, 0) is 0 Å². The van der Waals surface area contributed by atoms with Crippen molar-refractivity contribution in [3.8, 4) is 0 Å². The van der Waals surface area contributed by atoms with Crippen molar-refractivity contribution in [2.24, 2.45) is 0 Å². The predicted octanol–water partition coefficient (Wildman–Crippen LogP) is 4.32. The van der Waals surface area contributed by atoms with E-state index in [0.717, 1.165) is 25.2 Å². The van der Waals surface area contributed by atoms with Gasteiger partial charge in [-0.2, -0.15) is 0 Å². The monoisotopic (exact) mass is 294 g/mol. The van der Waals surface area contributed by atoms with Crippen molar-refractivity contribution >= 4 is 11.7 Å². The number of rotatable bonds is 2. The number of urea groups is 1. The number of anilines is 1. The fourth-order valence-electron chi connectivity index (χ4n) is 3.19. The van der Waals surface area contributed by atoms with E-state index in [9.17, 15) is 4.79 Å². The van der Waals surface area contributed by atoms with Gasteiger partial charge in [-0.3, -0.25) is 0 Å². The quantitative estimate of drug-likeness (QED) is 0.878. The molecule has 2 amide bonds. The first-order valence-corrected chi connectivity index (χ1v) is 7.81.